The molecule has 2 aromatic rings. The Labute approximate surface area is 182 Å². The molecule has 1 aliphatic carbocycles. The first-order chi connectivity index (χ1) is 14.1. The van der Waals surface area contributed by atoms with E-state index in [2.05, 4.69) is 79.5 Å². The third-order valence-electron chi connectivity index (χ3n) is 6.30. The summed E-state index contributed by atoms with van der Waals surface area (Å²) in [6.45, 7) is 5.63. The molecule has 2 aliphatic rings. The van der Waals surface area contributed by atoms with Crippen molar-refractivity contribution < 1.29 is 4.74 Å². The third kappa shape index (κ3) is 5.37. The number of rotatable bonds is 7. The molecule has 29 heavy (non-hydrogen) atoms. The van der Waals surface area contributed by atoms with Crippen LogP contribution in [0.4, 0.5) is 0 Å². The Bertz CT molecular complexity index is 768. The van der Waals surface area contributed by atoms with E-state index in [1.807, 2.05) is 6.20 Å². The SMILES string of the molecule is COc1ccc(C(CN2CCN(C)CC2)NC2CC(c3ccc(Br)cn3)C2)cc1. The van der Waals surface area contributed by atoms with Crippen LogP contribution in [-0.2, 0) is 0 Å². The molecule has 1 saturated heterocycles. The van der Waals surface area contributed by atoms with Crippen molar-refractivity contribution in [2.75, 3.05) is 46.9 Å². The maximum atomic E-state index is 5.35. The summed E-state index contributed by atoms with van der Waals surface area (Å²) in [7, 11) is 3.93. The molecule has 1 aliphatic heterocycles. The van der Waals surface area contributed by atoms with Gasteiger partial charge in [0.2, 0.25) is 0 Å². The van der Waals surface area contributed by atoms with E-state index in [1.54, 1.807) is 7.11 Å². The smallest absolute Gasteiger partial charge is 0.118 e. The lowest BCUT2D eigenvalue weighted by Crippen LogP contribution is -2.50. The van der Waals surface area contributed by atoms with Gasteiger partial charge in [0, 0.05) is 67.1 Å². The predicted molar refractivity (Wildman–Crippen MR) is 121 cm³/mol. The first-order valence-corrected chi connectivity index (χ1v) is 11.3. The highest BCUT2D eigenvalue weighted by Crippen LogP contribution is 2.37. The molecule has 1 unspecified atom stereocenters. The second-order valence-electron chi connectivity index (χ2n) is 8.36. The number of pyridine rings is 1. The van der Waals surface area contributed by atoms with Gasteiger partial charge in [0.1, 0.15) is 5.75 Å². The zero-order chi connectivity index (χ0) is 20.2. The van der Waals surface area contributed by atoms with Crippen molar-refractivity contribution in [1.82, 2.24) is 20.1 Å². The van der Waals surface area contributed by atoms with E-state index < -0.39 is 0 Å². The van der Waals surface area contributed by atoms with Crippen LogP contribution in [-0.4, -0.2) is 67.7 Å². The van der Waals surface area contributed by atoms with Gasteiger partial charge in [0.05, 0.1) is 7.11 Å². The zero-order valence-corrected chi connectivity index (χ0v) is 18.9. The highest BCUT2D eigenvalue weighted by Gasteiger charge is 2.33. The Kier molecular flexibility index (Phi) is 6.85. The van der Waals surface area contributed by atoms with Crippen molar-refractivity contribution in [2.24, 2.45) is 0 Å². The molecule has 2 heterocycles. The monoisotopic (exact) mass is 458 g/mol. The number of ether oxygens (including phenoxy) is 1. The van der Waals surface area contributed by atoms with E-state index in [-0.39, 0.29) is 0 Å². The molecule has 5 nitrogen and oxygen atoms in total. The molecule has 0 spiro atoms. The van der Waals surface area contributed by atoms with E-state index in [4.69, 9.17) is 4.74 Å². The van der Waals surface area contributed by atoms with Crippen LogP contribution in [0.25, 0.3) is 0 Å². The van der Waals surface area contributed by atoms with Gasteiger partial charge in [0.25, 0.3) is 0 Å². The maximum Gasteiger partial charge on any atom is 0.118 e. The summed E-state index contributed by atoms with van der Waals surface area (Å²) in [5, 5.41) is 3.94. The summed E-state index contributed by atoms with van der Waals surface area (Å²) in [4.78, 5) is 9.59. The minimum absolute atomic E-state index is 0.341. The maximum absolute atomic E-state index is 5.35. The largest absolute Gasteiger partial charge is 0.497 e. The van der Waals surface area contributed by atoms with Crippen LogP contribution in [0.5, 0.6) is 5.75 Å². The van der Waals surface area contributed by atoms with Gasteiger partial charge in [-0.25, -0.2) is 0 Å². The average molecular weight is 459 g/mol. The highest BCUT2D eigenvalue weighted by molar-refractivity contribution is 9.10. The lowest BCUT2D eigenvalue weighted by atomic mass is 9.77. The van der Waals surface area contributed by atoms with Gasteiger partial charge in [-0.3, -0.25) is 9.88 Å². The van der Waals surface area contributed by atoms with Gasteiger partial charge in [-0.05, 0) is 65.6 Å². The summed E-state index contributed by atoms with van der Waals surface area (Å²) < 4.78 is 6.39. The van der Waals surface area contributed by atoms with Crippen molar-refractivity contribution in [3.63, 3.8) is 0 Å². The van der Waals surface area contributed by atoms with E-state index >= 15 is 0 Å². The highest BCUT2D eigenvalue weighted by atomic mass is 79.9. The topological polar surface area (TPSA) is 40.6 Å². The van der Waals surface area contributed by atoms with Crippen molar-refractivity contribution in [3.05, 3.63) is 58.3 Å². The molecule has 4 rings (SSSR count). The zero-order valence-electron chi connectivity index (χ0n) is 17.4. The number of nitrogens with zero attached hydrogens (tertiary/aromatic N) is 3. The van der Waals surface area contributed by atoms with E-state index in [0.29, 0.717) is 18.0 Å². The third-order valence-corrected chi connectivity index (χ3v) is 6.77. The van der Waals surface area contributed by atoms with Gasteiger partial charge in [-0.15, -0.1) is 0 Å². The molecule has 0 amide bonds. The second-order valence-corrected chi connectivity index (χ2v) is 9.28. The summed E-state index contributed by atoms with van der Waals surface area (Å²) in [6.07, 6.45) is 4.22. The van der Waals surface area contributed by atoms with E-state index in [1.165, 1.54) is 11.3 Å². The second kappa shape index (κ2) is 9.56. The number of hydrogen-bond acceptors (Lipinski definition) is 5. The quantitative estimate of drug-likeness (QED) is 0.684. The molecule has 6 heteroatoms. The van der Waals surface area contributed by atoms with Crippen molar-refractivity contribution in [1.29, 1.82) is 0 Å². The van der Waals surface area contributed by atoms with Gasteiger partial charge in [-0.2, -0.15) is 0 Å². The Hall–Kier alpha value is -1.47. The molecule has 1 aromatic heterocycles. The van der Waals surface area contributed by atoms with Crippen molar-refractivity contribution in [2.45, 2.75) is 30.8 Å². The average Bonchev–Trinajstić information content (AvgIpc) is 2.72. The molecule has 1 atom stereocenters. The molecular formula is C23H31BrN4O. The Morgan fingerprint density at radius 1 is 1.10 bits per heavy atom. The fraction of sp³-hybridized carbons (Fsp3) is 0.522. The summed E-state index contributed by atoms with van der Waals surface area (Å²) in [6, 6.07) is 13.7. The lowest BCUT2D eigenvalue weighted by Gasteiger charge is -2.40. The number of nitrogens with one attached hydrogen (secondary N) is 1. The Balaban J connectivity index is 1.39. The molecule has 0 radical (unpaired) electrons. The van der Waals surface area contributed by atoms with Crippen LogP contribution in [0.3, 0.4) is 0 Å². The van der Waals surface area contributed by atoms with Crippen LogP contribution in [0.2, 0.25) is 0 Å². The fourth-order valence-corrected chi connectivity index (χ4v) is 4.52. The lowest BCUT2D eigenvalue weighted by molar-refractivity contribution is 0.133. The fourth-order valence-electron chi connectivity index (χ4n) is 4.29. The van der Waals surface area contributed by atoms with E-state index in [9.17, 15) is 0 Å². The van der Waals surface area contributed by atoms with Gasteiger partial charge >= 0.3 is 0 Å². The molecule has 0 bridgehead atoms. The van der Waals surface area contributed by atoms with Crippen LogP contribution in [0.1, 0.15) is 36.1 Å². The Morgan fingerprint density at radius 2 is 1.83 bits per heavy atom. The molecule has 1 saturated carbocycles. The minimum atomic E-state index is 0.341. The number of hydrogen-bond donors (Lipinski definition) is 1. The van der Waals surface area contributed by atoms with Gasteiger partial charge in [0.15, 0.2) is 0 Å². The number of methoxy groups -OCH3 is 1. The number of halogens is 1. The van der Waals surface area contributed by atoms with E-state index in [0.717, 1.165) is 55.8 Å². The van der Waals surface area contributed by atoms with Gasteiger partial charge < -0.3 is 15.0 Å². The normalized spacial score (nSPS) is 24.1. The summed E-state index contributed by atoms with van der Waals surface area (Å²) >= 11 is 3.47. The first-order valence-electron chi connectivity index (χ1n) is 10.5. The minimum Gasteiger partial charge on any atom is -0.497 e. The van der Waals surface area contributed by atoms with Gasteiger partial charge in [-0.1, -0.05) is 12.1 Å². The molecular weight excluding hydrogens is 428 g/mol. The van der Waals surface area contributed by atoms with Crippen molar-refractivity contribution >= 4 is 15.9 Å². The van der Waals surface area contributed by atoms with Crippen LogP contribution in [0.15, 0.2) is 47.1 Å². The number of likely N-dealkylation sites (N-methyl/N-ethyl adjacent to an activating group) is 1. The number of aromatic nitrogens is 1. The summed E-state index contributed by atoms with van der Waals surface area (Å²) in [5.41, 5.74) is 2.56. The number of piperazine rings is 1. The van der Waals surface area contributed by atoms with Crippen LogP contribution < -0.4 is 10.1 Å². The standard InChI is InChI=1S/C23H31BrN4O/c1-27-9-11-28(12-10-27)16-23(17-3-6-21(29-2)7-4-17)26-20-13-18(14-20)22-8-5-19(24)15-25-22/h3-8,15,18,20,23,26H,9-14,16H2,1-2H3. The van der Waals surface area contributed by atoms with Crippen molar-refractivity contribution in [3.8, 4) is 5.75 Å². The Morgan fingerprint density at radius 3 is 2.45 bits per heavy atom. The molecule has 2 fully saturated rings. The molecule has 1 aromatic carbocycles. The van der Waals surface area contributed by atoms with Crippen LogP contribution >= 0.6 is 15.9 Å². The number of benzene rings is 1. The molecule has 156 valence electrons. The predicted octanol–water partition coefficient (Wildman–Crippen LogP) is 3.68. The first kappa shape index (κ1) is 20.8. The molecule has 1 N–H and O–H groups in total. The summed E-state index contributed by atoms with van der Waals surface area (Å²) in [5.74, 6) is 1.48. The van der Waals surface area contributed by atoms with Crippen LogP contribution in [0, 0.1) is 0 Å².